The number of benzene rings is 2. The lowest BCUT2D eigenvalue weighted by atomic mass is 10.0. The lowest BCUT2D eigenvalue weighted by molar-refractivity contribution is 1.14. The fourth-order valence-corrected chi connectivity index (χ4v) is 2.47. The summed E-state index contributed by atoms with van der Waals surface area (Å²) in [6.07, 6.45) is 0.817. The summed E-state index contributed by atoms with van der Waals surface area (Å²) in [5.41, 5.74) is 7.24. The first-order valence-electron chi connectivity index (χ1n) is 6.68. The van der Waals surface area contributed by atoms with Crippen LogP contribution in [0.15, 0.2) is 54.6 Å². The molecule has 3 heteroatoms. The van der Waals surface area contributed by atoms with Crippen molar-refractivity contribution in [2.75, 3.05) is 5.43 Å². The van der Waals surface area contributed by atoms with Crippen molar-refractivity contribution in [3.63, 3.8) is 0 Å². The number of nitrogens with two attached hydrogens (primary N) is 1. The maximum absolute atomic E-state index is 5.63. The molecule has 0 aliphatic carbocycles. The number of aromatic nitrogens is 1. The minimum atomic E-state index is 0.746. The molecule has 0 radical (unpaired) electrons. The fraction of sp³-hybridized carbons (Fsp3) is 0.118. The number of para-hydroxylation sites is 1. The Balaban J connectivity index is 2.10. The van der Waals surface area contributed by atoms with Gasteiger partial charge >= 0.3 is 0 Å². The Morgan fingerprint density at radius 3 is 2.60 bits per heavy atom. The highest BCUT2D eigenvalue weighted by Gasteiger charge is 2.08. The first-order valence-corrected chi connectivity index (χ1v) is 6.68. The lowest BCUT2D eigenvalue weighted by Gasteiger charge is -2.11. The quantitative estimate of drug-likeness (QED) is 0.562. The average Bonchev–Trinajstić information content (AvgIpc) is 2.48. The molecule has 0 saturated heterocycles. The van der Waals surface area contributed by atoms with Gasteiger partial charge in [0.15, 0.2) is 0 Å². The standard InChI is InChI=1S/C17H17N3/c1-12-6-5-9-14-11-15(17(20-18)19-16(12)14)10-13-7-3-2-4-8-13/h2-9,11H,10,18H2,1H3,(H,19,20). The number of rotatable bonds is 3. The zero-order chi connectivity index (χ0) is 13.9. The van der Waals surface area contributed by atoms with Crippen molar-refractivity contribution in [2.24, 2.45) is 5.84 Å². The van der Waals surface area contributed by atoms with Crippen LogP contribution in [0.25, 0.3) is 10.9 Å². The number of aryl methyl sites for hydroxylation is 1. The summed E-state index contributed by atoms with van der Waals surface area (Å²) in [6, 6.07) is 18.7. The number of hydrazine groups is 1. The fourth-order valence-electron chi connectivity index (χ4n) is 2.47. The molecular weight excluding hydrogens is 246 g/mol. The highest BCUT2D eigenvalue weighted by molar-refractivity contribution is 5.84. The SMILES string of the molecule is Cc1cccc2cc(Cc3ccccc3)c(NN)nc12. The van der Waals surface area contributed by atoms with Gasteiger partial charge in [-0.15, -0.1) is 0 Å². The second-order valence-electron chi connectivity index (χ2n) is 4.95. The van der Waals surface area contributed by atoms with Crippen LogP contribution in [0.1, 0.15) is 16.7 Å². The number of hydrogen-bond acceptors (Lipinski definition) is 3. The predicted molar refractivity (Wildman–Crippen MR) is 83.5 cm³/mol. The van der Waals surface area contributed by atoms with Crippen molar-refractivity contribution in [2.45, 2.75) is 13.3 Å². The van der Waals surface area contributed by atoms with E-state index >= 15 is 0 Å². The van der Waals surface area contributed by atoms with Gasteiger partial charge in [0.25, 0.3) is 0 Å². The van der Waals surface area contributed by atoms with Gasteiger partial charge in [-0.1, -0.05) is 48.5 Å². The van der Waals surface area contributed by atoms with Crippen LogP contribution in [-0.2, 0) is 6.42 Å². The Labute approximate surface area is 118 Å². The molecular formula is C17H17N3. The van der Waals surface area contributed by atoms with E-state index in [-0.39, 0.29) is 0 Å². The summed E-state index contributed by atoms with van der Waals surface area (Å²) < 4.78 is 0. The van der Waals surface area contributed by atoms with Crippen LogP contribution in [0, 0.1) is 6.92 Å². The molecule has 0 bridgehead atoms. The normalized spacial score (nSPS) is 10.7. The second-order valence-corrected chi connectivity index (χ2v) is 4.95. The van der Waals surface area contributed by atoms with Gasteiger partial charge < -0.3 is 5.43 Å². The maximum Gasteiger partial charge on any atom is 0.144 e. The number of nitrogens with one attached hydrogen (secondary N) is 1. The molecule has 20 heavy (non-hydrogen) atoms. The number of nitrogen functional groups attached to an aromatic ring is 1. The molecule has 3 aromatic rings. The Kier molecular flexibility index (Phi) is 3.35. The summed E-state index contributed by atoms with van der Waals surface area (Å²) >= 11 is 0. The van der Waals surface area contributed by atoms with E-state index in [1.807, 2.05) is 18.2 Å². The monoisotopic (exact) mass is 263 g/mol. The smallest absolute Gasteiger partial charge is 0.144 e. The topological polar surface area (TPSA) is 50.9 Å². The molecule has 0 saturated carbocycles. The van der Waals surface area contributed by atoms with E-state index in [1.165, 1.54) is 5.56 Å². The van der Waals surface area contributed by atoms with Crippen molar-refractivity contribution in [3.05, 3.63) is 71.3 Å². The molecule has 1 aromatic heterocycles. The van der Waals surface area contributed by atoms with E-state index in [0.29, 0.717) is 0 Å². The molecule has 0 atom stereocenters. The number of nitrogens with zero attached hydrogens (tertiary/aromatic N) is 1. The molecule has 0 amide bonds. The van der Waals surface area contributed by atoms with E-state index in [4.69, 9.17) is 5.84 Å². The van der Waals surface area contributed by atoms with Crippen LogP contribution in [-0.4, -0.2) is 4.98 Å². The van der Waals surface area contributed by atoms with Crippen LogP contribution in [0.2, 0.25) is 0 Å². The van der Waals surface area contributed by atoms with Crippen molar-refractivity contribution < 1.29 is 0 Å². The molecule has 2 aromatic carbocycles. The van der Waals surface area contributed by atoms with Crippen LogP contribution < -0.4 is 11.3 Å². The third kappa shape index (κ3) is 2.36. The molecule has 3 rings (SSSR count). The van der Waals surface area contributed by atoms with Crippen molar-refractivity contribution in [1.29, 1.82) is 0 Å². The van der Waals surface area contributed by atoms with Gasteiger partial charge in [0, 0.05) is 17.4 Å². The number of hydrogen-bond donors (Lipinski definition) is 2. The molecule has 3 N–H and O–H groups in total. The molecule has 0 aliphatic heterocycles. The Hall–Kier alpha value is -2.39. The van der Waals surface area contributed by atoms with Gasteiger partial charge in [0.05, 0.1) is 5.52 Å². The molecule has 0 spiro atoms. The van der Waals surface area contributed by atoms with E-state index in [9.17, 15) is 0 Å². The minimum absolute atomic E-state index is 0.746. The van der Waals surface area contributed by atoms with Crippen molar-refractivity contribution in [3.8, 4) is 0 Å². The third-order valence-electron chi connectivity index (χ3n) is 3.50. The van der Waals surface area contributed by atoms with E-state index in [1.54, 1.807) is 0 Å². The summed E-state index contributed by atoms with van der Waals surface area (Å²) in [4.78, 5) is 4.65. The zero-order valence-corrected chi connectivity index (χ0v) is 11.4. The Morgan fingerprint density at radius 2 is 1.85 bits per heavy atom. The summed E-state index contributed by atoms with van der Waals surface area (Å²) in [5.74, 6) is 6.38. The Bertz CT molecular complexity index is 736. The van der Waals surface area contributed by atoms with E-state index in [0.717, 1.165) is 34.3 Å². The number of fused-ring (bicyclic) bond motifs is 1. The van der Waals surface area contributed by atoms with Gasteiger partial charge in [-0.05, 0) is 24.1 Å². The molecule has 0 unspecified atom stereocenters. The van der Waals surface area contributed by atoms with Gasteiger partial charge in [-0.2, -0.15) is 0 Å². The summed E-state index contributed by atoms with van der Waals surface area (Å²) in [7, 11) is 0. The van der Waals surface area contributed by atoms with Gasteiger partial charge in [-0.25, -0.2) is 10.8 Å². The molecule has 1 heterocycles. The maximum atomic E-state index is 5.63. The Morgan fingerprint density at radius 1 is 1.05 bits per heavy atom. The van der Waals surface area contributed by atoms with Crippen LogP contribution in [0.5, 0.6) is 0 Å². The number of anilines is 1. The molecule has 0 aliphatic rings. The van der Waals surface area contributed by atoms with E-state index in [2.05, 4.69) is 53.7 Å². The molecule has 0 fully saturated rings. The summed E-state index contributed by atoms with van der Waals surface area (Å²) in [6.45, 7) is 2.06. The number of pyridine rings is 1. The predicted octanol–water partition coefficient (Wildman–Crippen LogP) is 3.42. The first kappa shape index (κ1) is 12.6. The van der Waals surface area contributed by atoms with E-state index < -0.39 is 0 Å². The van der Waals surface area contributed by atoms with Gasteiger partial charge in [-0.3, -0.25) is 0 Å². The van der Waals surface area contributed by atoms with Crippen LogP contribution in [0.4, 0.5) is 5.82 Å². The van der Waals surface area contributed by atoms with Crippen molar-refractivity contribution >= 4 is 16.7 Å². The van der Waals surface area contributed by atoms with Gasteiger partial charge in [0.2, 0.25) is 0 Å². The largest absolute Gasteiger partial charge is 0.308 e. The van der Waals surface area contributed by atoms with Crippen LogP contribution in [0.3, 0.4) is 0 Å². The summed E-state index contributed by atoms with van der Waals surface area (Å²) in [5, 5.41) is 1.15. The second kappa shape index (κ2) is 5.31. The van der Waals surface area contributed by atoms with Crippen LogP contribution >= 0.6 is 0 Å². The molecule has 3 nitrogen and oxygen atoms in total. The first-order chi connectivity index (χ1) is 9.78. The third-order valence-corrected chi connectivity index (χ3v) is 3.50. The highest BCUT2D eigenvalue weighted by Crippen LogP contribution is 2.24. The minimum Gasteiger partial charge on any atom is -0.308 e. The highest BCUT2D eigenvalue weighted by atomic mass is 15.2. The molecule has 100 valence electrons. The zero-order valence-electron chi connectivity index (χ0n) is 11.4. The van der Waals surface area contributed by atoms with Gasteiger partial charge in [0.1, 0.15) is 5.82 Å². The lowest BCUT2D eigenvalue weighted by Crippen LogP contribution is -2.11. The van der Waals surface area contributed by atoms with Crippen molar-refractivity contribution in [1.82, 2.24) is 4.98 Å². The average molecular weight is 263 g/mol.